The molecular weight excluding hydrogens is 170 g/mol. The van der Waals surface area contributed by atoms with Gasteiger partial charge < -0.3 is 5.73 Å². The number of benzene rings is 1. The van der Waals surface area contributed by atoms with Crippen LogP contribution in [-0.2, 0) is 6.42 Å². The molecule has 0 heterocycles. The number of rotatable bonds is 2. The Labute approximate surface area is 85.6 Å². The second-order valence-electron chi connectivity index (χ2n) is 4.04. The Morgan fingerprint density at radius 2 is 2.14 bits per heavy atom. The van der Waals surface area contributed by atoms with Crippen molar-refractivity contribution >= 4 is 6.08 Å². The van der Waals surface area contributed by atoms with E-state index >= 15 is 0 Å². The summed E-state index contributed by atoms with van der Waals surface area (Å²) in [6, 6.07) is 6.70. The Balaban J connectivity index is 2.30. The standard InChI is InChI=1S/C13H17N/c1-10-2-4-13-9-11(6-7-14)3-5-12(13)8-10/h2,4,8-9H,3,5-7,14H2,1H3. The van der Waals surface area contributed by atoms with E-state index in [9.17, 15) is 0 Å². The van der Waals surface area contributed by atoms with E-state index in [4.69, 9.17) is 5.73 Å². The lowest BCUT2D eigenvalue weighted by Crippen LogP contribution is -2.05. The summed E-state index contributed by atoms with van der Waals surface area (Å²) >= 11 is 0. The van der Waals surface area contributed by atoms with Gasteiger partial charge in [0.05, 0.1) is 0 Å². The van der Waals surface area contributed by atoms with E-state index in [1.165, 1.54) is 35.1 Å². The summed E-state index contributed by atoms with van der Waals surface area (Å²) < 4.78 is 0. The van der Waals surface area contributed by atoms with Crippen LogP contribution < -0.4 is 5.73 Å². The molecule has 2 N–H and O–H groups in total. The van der Waals surface area contributed by atoms with E-state index in [0.29, 0.717) is 0 Å². The molecule has 2 rings (SSSR count). The van der Waals surface area contributed by atoms with Gasteiger partial charge in [-0.1, -0.05) is 35.4 Å². The first-order valence-electron chi connectivity index (χ1n) is 5.28. The first-order chi connectivity index (χ1) is 6.79. The average molecular weight is 187 g/mol. The molecule has 1 aliphatic carbocycles. The minimum absolute atomic E-state index is 0.771. The van der Waals surface area contributed by atoms with Crippen LogP contribution >= 0.6 is 0 Å². The molecule has 0 bridgehead atoms. The van der Waals surface area contributed by atoms with Crippen LogP contribution in [0.1, 0.15) is 29.5 Å². The lowest BCUT2D eigenvalue weighted by molar-refractivity contribution is 0.836. The Kier molecular flexibility index (Phi) is 2.69. The molecule has 1 aliphatic rings. The van der Waals surface area contributed by atoms with Crippen LogP contribution in [0.3, 0.4) is 0 Å². The van der Waals surface area contributed by atoms with Gasteiger partial charge in [0.1, 0.15) is 0 Å². The van der Waals surface area contributed by atoms with Crippen molar-refractivity contribution in [2.24, 2.45) is 5.73 Å². The van der Waals surface area contributed by atoms with E-state index in [-0.39, 0.29) is 0 Å². The molecule has 1 nitrogen and oxygen atoms in total. The third-order valence-corrected chi connectivity index (χ3v) is 2.84. The quantitative estimate of drug-likeness (QED) is 0.757. The number of hydrogen-bond donors (Lipinski definition) is 1. The molecular formula is C13H17N. The van der Waals surface area contributed by atoms with Gasteiger partial charge >= 0.3 is 0 Å². The van der Waals surface area contributed by atoms with Crippen molar-refractivity contribution in [2.45, 2.75) is 26.2 Å². The van der Waals surface area contributed by atoms with Crippen molar-refractivity contribution in [2.75, 3.05) is 6.54 Å². The number of fused-ring (bicyclic) bond motifs is 1. The highest BCUT2D eigenvalue weighted by Crippen LogP contribution is 2.25. The monoisotopic (exact) mass is 187 g/mol. The maximum Gasteiger partial charge on any atom is -0.00398 e. The summed E-state index contributed by atoms with van der Waals surface area (Å²) in [5.41, 5.74) is 11.3. The SMILES string of the molecule is Cc1ccc2c(c1)CCC(CCN)=C2. The Bertz CT molecular complexity index is 363. The highest BCUT2D eigenvalue weighted by molar-refractivity contribution is 5.60. The lowest BCUT2D eigenvalue weighted by Gasteiger charge is -2.16. The van der Waals surface area contributed by atoms with Crippen molar-refractivity contribution in [1.82, 2.24) is 0 Å². The van der Waals surface area contributed by atoms with E-state index in [1.54, 1.807) is 0 Å². The molecule has 1 aromatic carbocycles. The summed E-state index contributed by atoms with van der Waals surface area (Å²) in [6.45, 7) is 2.92. The molecule has 74 valence electrons. The van der Waals surface area contributed by atoms with Gasteiger partial charge in [-0.3, -0.25) is 0 Å². The van der Waals surface area contributed by atoms with E-state index in [2.05, 4.69) is 31.2 Å². The Morgan fingerprint density at radius 1 is 1.29 bits per heavy atom. The molecule has 0 saturated heterocycles. The van der Waals surface area contributed by atoms with Crippen molar-refractivity contribution in [3.05, 3.63) is 40.5 Å². The van der Waals surface area contributed by atoms with Crippen LogP contribution in [0.15, 0.2) is 23.8 Å². The van der Waals surface area contributed by atoms with Gasteiger partial charge in [-0.25, -0.2) is 0 Å². The van der Waals surface area contributed by atoms with E-state index in [0.717, 1.165) is 13.0 Å². The third-order valence-electron chi connectivity index (χ3n) is 2.84. The zero-order chi connectivity index (χ0) is 9.97. The van der Waals surface area contributed by atoms with Crippen LogP contribution in [0.25, 0.3) is 6.08 Å². The fourth-order valence-corrected chi connectivity index (χ4v) is 2.06. The predicted molar refractivity (Wildman–Crippen MR) is 61.1 cm³/mol. The molecule has 0 unspecified atom stereocenters. The van der Waals surface area contributed by atoms with Gasteiger partial charge in [-0.05, 0) is 43.9 Å². The van der Waals surface area contributed by atoms with E-state index in [1.807, 2.05) is 0 Å². The van der Waals surface area contributed by atoms with Crippen molar-refractivity contribution in [1.29, 1.82) is 0 Å². The molecule has 0 saturated carbocycles. The maximum atomic E-state index is 5.56. The largest absolute Gasteiger partial charge is 0.330 e. The first-order valence-corrected chi connectivity index (χ1v) is 5.28. The van der Waals surface area contributed by atoms with Crippen LogP contribution in [0, 0.1) is 6.92 Å². The second kappa shape index (κ2) is 3.97. The molecule has 0 amide bonds. The molecule has 0 aliphatic heterocycles. The molecule has 0 spiro atoms. The fourth-order valence-electron chi connectivity index (χ4n) is 2.06. The van der Waals surface area contributed by atoms with Crippen LogP contribution in [0.4, 0.5) is 0 Å². The van der Waals surface area contributed by atoms with Gasteiger partial charge in [-0.15, -0.1) is 0 Å². The van der Waals surface area contributed by atoms with E-state index < -0.39 is 0 Å². The van der Waals surface area contributed by atoms with Crippen molar-refractivity contribution < 1.29 is 0 Å². The summed E-state index contributed by atoms with van der Waals surface area (Å²) in [5.74, 6) is 0. The summed E-state index contributed by atoms with van der Waals surface area (Å²) in [5, 5.41) is 0. The Hall–Kier alpha value is -1.08. The van der Waals surface area contributed by atoms with Crippen LogP contribution in [-0.4, -0.2) is 6.54 Å². The zero-order valence-electron chi connectivity index (χ0n) is 8.72. The lowest BCUT2D eigenvalue weighted by atomic mass is 9.90. The van der Waals surface area contributed by atoms with Crippen molar-refractivity contribution in [3.63, 3.8) is 0 Å². The third kappa shape index (κ3) is 1.88. The summed E-state index contributed by atoms with van der Waals surface area (Å²) in [7, 11) is 0. The average Bonchev–Trinajstić information content (AvgIpc) is 2.19. The second-order valence-corrected chi connectivity index (χ2v) is 4.04. The van der Waals surface area contributed by atoms with Gasteiger partial charge in [-0.2, -0.15) is 0 Å². The highest BCUT2D eigenvalue weighted by atomic mass is 14.5. The maximum absolute atomic E-state index is 5.56. The Morgan fingerprint density at radius 3 is 2.93 bits per heavy atom. The minimum atomic E-state index is 0.771. The first kappa shape index (κ1) is 9.47. The normalized spacial score (nSPS) is 14.9. The van der Waals surface area contributed by atoms with Gasteiger partial charge in [0.25, 0.3) is 0 Å². The van der Waals surface area contributed by atoms with Crippen LogP contribution in [0.2, 0.25) is 0 Å². The molecule has 14 heavy (non-hydrogen) atoms. The molecule has 0 radical (unpaired) electrons. The highest BCUT2D eigenvalue weighted by Gasteiger charge is 2.09. The smallest absolute Gasteiger partial charge is 0.00398 e. The molecule has 0 fully saturated rings. The molecule has 0 atom stereocenters. The molecule has 1 aromatic rings. The zero-order valence-corrected chi connectivity index (χ0v) is 8.72. The summed E-state index contributed by atoms with van der Waals surface area (Å²) in [4.78, 5) is 0. The summed E-state index contributed by atoms with van der Waals surface area (Å²) in [6.07, 6.45) is 5.73. The van der Waals surface area contributed by atoms with Crippen LogP contribution in [0.5, 0.6) is 0 Å². The number of aryl methyl sites for hydroxylation is 2. The molecule has 0 aromatic heterocycles. The van der Waals surface area contributed by atoms with Gasteiger partial charge in [0.2, 0.25) is 0 Å². The minimum Gasteiger partial charge on any atom is -0.330 e. The van der Waals surface area contributed by atoms with Gasteiger partial charge in [0.15, 0.2) is 0 Å². The molecule has 1 heteroatoms. The van der Waals surface area contributed by atoms with Crippen molar-refractivity contribution in [3.8, 4) is 0 Å². The topological polar surface area (TPSA) is 26.0 Å². The fraction of sp³-hybridized carbons (Fsp3) is 0.385. The van der Waals surface area contributed by atoms with Gasteiger partial charge in [0, 0.05) is 0 Å². The number of hydrogen-bond acceptors (Lipinski definition) is 1. The number of nitrogens with two attached hydrogens (primary N) is 1. The predicted octanol–water partition coefficient (Wildman–Crippen LogP) is 2.67.